The Bertz CT molecular complexity index is 677. The van der Waals surface area contributed by atoms with E-state index in [-0.39, 0.29) is 22.6 Å². The molecular weight excluding hydrogens is 344 g/mol. The van der Waals surface area contributed by atoms with E-state index in [0.717, 1.165) is 6.07 Å². The van der Waals surface area contributed by atoms with Gasteiger partial charge in [-0.25, -0.2) is 8.78 Å². The predicted octanol–water partition coefficient (Wildman–Crippen LogP) is 4.26. The van der Waals surface area contributed by atoms with Gasteiger partial charge >= 0.3 is 0 Å². The fourth-order valence-electron chi connectivity index (χ4n) is 1.74. The minimum atomic E-state index is -0.702. The SMILES string of the molecule is CC(=O)Nc1ccccc1OCc1c(F)ccc(Br)c1F. The van der Waals surface area contributed by atoms with E-state index in [1.165, 1.54) is 13.0 Å². The topological polar surface area (TPSA) is 38.3 Å². The van der Waals surface area contributed by atoms with Gasteiger partial charge in [0.15, 0.2) is 0 Å². The van der Waals surface area contributed by atoms with Crippen molar-refractivity contribution in [3.63, 3.8) is 0 Å². The van der Waals surface area contributed by atoms with Crippen LogP contribution < -0.4 is 10.1 Å². The van der Waals surface area contributed by atoms with Crippen LogP contribution in [0.5, 0.6) is 5.75 Å². The van der Waals surface area contributed by atoms with Crippen LogP contribution in [0.1, 0.15) is 12.5 Å². The minimum Gasteiger partial charge on any atom is -0.487 e. The van der Waals surface area contributed by atoms with E-state index in [1.54, 1.807) is 24.3 Å². The van der Waals surface area contributed by atoms with Crippen molar-refractivity contribution in [1.29, 1.82) is 0 Å². The maximum atomic E-state index is 13.8. The van der Waals surface area contributed by atoms with Gasteiger partial charge in [-0.05, 0) is 40.2 Å². The molecule has 1 amide bonds. The molecule has 0 aliphatic rings. The van der Waals surface area contributed by atoms with Gasteiger partial charge in [0.1, 0.15) is 24.0 Å². The normalized spacial score (nSPS) is 10.3. The summed E-state index contributed by atoms with van der Waals surface area (Å²) in [6.45, 7) is 1.08. The lowest BCUT2D eigenvalue weighted by atomic mass is 10.2. The first-order chi connectivity index (χ1) is 9.99. The van der Waals surface area contributed by atoms with Gasteiger partial charge in [-0.1, -0.05) is 12.1 Å². The molecular formula is C15H12BrF2NO2. The number of hydrogen-bond donors (Lipinski definition) is 1. The lowest BCUT2D eigenvalue weighted by Gasteiger charge is -2.12. The first-order valence-electron chi connectivity index (χ1n) is 6.11. The van der Waals surface area contributed by atoms with Gasteiger partial charge in [-0.2, -0.15) is 0 Å². The highest BCUT2D eigenvalue weighted by atomic mass is 79.9. The lowest BCUT2D eigenvalue weighted by molar-refractivity contribution is -0.114. The Morgan fingerprint density at radius 3 is 2.67 bits per heavy atom. The van der Waals surface area contributed by atoms with Gasteiger partial charge in [-0.3, -0.25) is 4.79 Å². The van der Waals surface area contributed by atoms with E-state index in [1.807, 2.05) is 0 Å². The Balaban J connectivity index is 2.21. The number of carbonyl (C=O) groups is 1. The van der Waals surface area contributed by atoms with E-state index in [9.17, 15) is 13.6 Å². The molecule has 110 valence electrons. The molecule has 0 aliphatic heterocycles. The molecule has 2 rings (SSSR count). The molecule has 0 heterocycles. The van der Waals surface area contributed by atoms with Gasteiger partial charge in [-0.15, -0.1) is 0 Å². The molecule has 2 aromatic rings. The Morgan fingerprint density at radius 1 is 1.24 bits per heavy atom. The molecule has 6 heteroatoms. The number of ether oxygens (including phenoxy) is 1. The Kier molecular flexibility index (Phi) is 4.90. The smallest absolute Gasteiger partial charge is 0.221 e. The third-order valence-corrected chi connectivity index (χ3v) is 3.32. The third kappa shape index (κ3) is 3.78. The van der Waals surface area contributed by atoms with E-state index in [0.29, 0.717) is 11.4 Å². The molecule has 0 bridgehead atoms. The molecule has 1 N–H and O–H groups in total. The highest BCUT2D eigenvalue weighted by molar-refractivity contribution is 9.10. The van der Waals surface area contributed by atoms with Crippen molar-refractivity contribution in [2.75, 3.05) is 5.32 Å². The summed E-state index contributed by atoms with van der Waals surface area (Å²) in [5, 5.41) is 2.59. The number of nitrogens with one attached hydrogen (secondary N) is 1. The van der Waals surface area contributed by atoms with E-state index < -0.39 is 11.6 Å². The Hall–Kier alpha value is -1.95. The summed E-state index contributed by atoms with van der Waals surface area (Å²) in [5.74, 6) is -1.31. The first kappa shape index (κ1) is 15.4. The molecule has 0 aliphatic carbocycles. The van der Waals surface area contributed by atoms with Crippen LogP contribution in [0.4, 0.5) is 14.5 Å². The maximum Gasteiger partial charge on any atom is 0.221 e. The van der Waals surface area contributed by atoms with E-state index in [2.05, 4.69) is 21.2 Å². The van der Waals surface area contributed by atoms with E-state index >= 15 is 0 Å². The molecule has 0 saturated heterocycles. The number of amides is 1. The summed E-state index contributed by atoms with van der Waals surface area (Å²) in [6.07, 6.45) is 0. The lowest BCUT2D eigenvalue weighted by Crippen LogP contribution is -2.09. The largest absolute Gasteiger partial charge is 0.487 e. The second kappa shape index (κ2) is 6.67. The quantitative estimate of drug-likeness (QED) is 0.832. The first-order valence-corrected chi connectivity index (χ1v) is 6.90. The van der Waals surface area contributed by atoms with Crippen molar-refractivity contribution in [2.24, 2.45) is 0 Å². The molecule has 2 aromatic carbocycles. The maximum absolute atomic E-state index is 13.8. The van der Waals surface area contributed by atoms with Crippen LogP contribution in [0.25, 0.3) is 0 Å². The van der Waals surface area contributed by atoms with Crippen molar-refractivity contribution in [3.8, 4) is 5.75 Å². The molecule has 0 fully saturated rings. The van der Waals surface area contributed by atoms with E-state index in [4.69, 9.17) is 4.74 Å². The average molecular weight is 356 g/mol. The number of anilines is 1. The number of carbonyl (C=O) groups excluding carboxylic acids is 1. The molecule has 0 saturated carbocycles. The Morgan fingerprint density at radius 2 is 1.95 bits per heavy atom. The van der Waals surface area contributed by atoms with Gasteiger partial charge in [0, 0.05) is 6.92 Å². The van der Waals surface area contributed by atoms with Gasteiger partial charge < -0.3 is 10.1 Å². The highest BCUT2D eigenvalue weighted by Gasteiger charge is 2.14. The highest BCUT2D eigenvalue weighted by Crippen LogP contribution is 2.27. The fourth-order valence-corrected chi connectivity index (χ4v) is 2.11. The third-order valence-electron chi connectivity index (χ3n) is 2.71. The molecule has 0 unspecified atom stereocenters. The molecule has 0 atom stereocenters. The van der Waals surface area contributed by atoms with Crippen LogP contribution in [0.3, 0.4) is 0 Å². The molecule has 21 heavy (non-hydrogen) atoms. The molecule has 0 aromatic heterocycles. The van der Waals surface area contributed by atoms with Crippen LogP contribution in [0.15, 0.2) is 40.9 Å². The summed E-state index contributed by atoms with van der Waals surface area (Å²) in [7, 11) is 0. The standard InChI is InChI=1S/C15H12BrF2NO2/c1-9(20)19-13-4-2-3-5-14(13)21-8-10-12(17)7-6-11(16)15(10)18/h2-7H,8H2,1H3,(H,19,20). The fraction of sp³-hybridized carbons (Fsp3) is 0.133. The van der Waals surface area contributed by atoms with Gasteiger partial charge in [0.2, 0.25) is 5.91 Å². The van der Waals surface area contributed by atoms with Crippen LogP contribution in [0, 0.1) is 11.6 Å². The second-order valence-electron chi connectivity index (χ2n) is 4.29. The van der Waals surface area contributed by atoms with Gasteiger partial charge in [0.25, 0.3) is 0 Å². The van der Waals surface area contributed by atoms with Crippen LogP contribution in [-0.2, 0) is 11.4 Å². The Labute approximate surface area is 129 Å². The van der Waals surface area contributed by atoms with Gasteiger partial charge in [0.05, 0.1) is 15.7 Å². The summed E-state index contributed by atoms with van der Waals surface area (Å²) >= 11 is 3.00. The van der Waals surface area contributed by atoms with Crippen LogP contribution in [-0.4, -0.2) is 5.91 Å². The average Bonchev–Trinajstić information content (AvgIpc) is 2.44. The minimum absolute atomic E-state index is 0.164. The van der Waals surface area contributed by atoms with Crippen molar-refractivity contribution < 1.29 is 18.3 Å². The number of rotatable bonds is 4. The zero-order chi connectivity index (χ0) is 15.4. The monoisotopic (exact) mass is 355 g/mol. The van der Waals surface area contributed by atoms with Crippen molar-refractivity contribution in [1.82, 2.24) is 0 Å². The number of halogens is 3. The molecule has 0 spiro atoms. The van der Waals surface area contributed by atoms with Crippen molar-refractivity contribution in [2.45, 2.75) is 13.5 Å². The van der Waals surface area contributed by atoms with Crippen molar-refractivity contribution in [3.05, 3.63) is 58.1 Å². The molecule has 3 nitrogen and oxygen atoms in total. The second-order valence-corrected chi connectivity index (χ2v) is 5.14. The summed E-state index contributed by atoms with van der Waals surface area (Å²) in [5.41, 5.74) is 0.266. The number of benzene rings is 2. The zero-order valence-electron chi connectivity index (χ0n) is 11.1. The number of hydrogen-bond acceptors (Lipinski definition) is 2. The summed E-state index contributed by atoms with van der Waals surface area (Å²) < 4.78 is 33.1. The van der Waals surface area contributed by atoms with Crippen molar-refractivity contribution >= 4 is 27.5 Å². The number of para-hydroxylation sites is 2. The molecule has 0 radical (unpaired) electrons. The summed E-state index contributed by atoms with van der Waals surface area (Å²) in [6, 6.07) is 9.13. The summed E-state index contributed by atoms with van der Waals surface area (Å²) in [4.78, 5) is 11.1. The zero-order valence-corrected chi connectivity index (χ0v) is 12.7. The predicted molar refractivity (Wildman–Crippen MR) is 79.1 cm³/mol. The van der Waals surface area contributed by atoms with Crippen LogP contribution in [0.2, 0.25) is 0 Å². The van der Waals surface area contributed by atoms with Crippen LogP contribution >= 0.6 is 15.9 Å².